The number of aryl methyl sites for hydroxylation is 2. The molecule has 5 nitrogen and oxygen atoms in total. The van der Waals surface area contributed by atoms with E-state index in [1.807, 2.05) is 24.3 Å². The number of carbonyl (C=O) groups is 2. The number of rotatable bonds is 4. The van der Waals surface area contributed by atoms with Gasteiger partial charge in [-0.2, -0.15) is 0 Å². The number of benzene rings is 1. The van der Waals surface area contributed by atoms with E-state index in [0.29, 0.717) is 10.6 Å². The van der Waals surface area contributed by atoms with Crippen LogP contribution in [0.2, 0.25) is 0 Å². The number of ether oxygens (including phenoxy) is 1. The molecule has 1 aromatic carbocycles. The molecular weight excluding hydrogens is 336 g/mol. The summed E-state index contributed by atoms with van der Waals surface area (Å²) in [5, 5.41) is 0. The molecule has 2 aromatic rings. The van der Waals surface area contributed by atoms with Crippen LogP contribution in [0.3, 0.4) is 0 Å². The Labute approximate surface area is 151 Å². The molecule has 2 amide bonds. The first kappa shape index (κ1) is 17.5. The molecule has 0 fully saturated rings. The second kappa shape index (κ2) is 8.16. The summed E-state index contributed by atoms with van der Waals surface area (Å²) in [5.41, 5.74) is 6.20. The van der Waals surface area contributed by atoms with Crippen LogP contribution in [0.1, 0.15) is 46.3 Å². The summed E-state index contributed by atoms with van der Waals surface area (Å²) in [7, 11) is 0. The fourth-order valence-corrected chi connectivity index (χ4v) is 3.97. The molecular formula is C19H22N2O3S. The van der Waals surface area contributed by atoms with Gasteiger partial charge in [-0.15, -0.1) is 11.3 Å². The molecule has 132 valence electrons. The number of nitrogens with one attached hydrogen (secondary N) is 2. The summed E-state index contributed by atoms with van der Waals surface area (Å²) in [5.74, 6) is -0.0628. The maximum Gasteiger partial charge on any atom is 0.279 e. The Morgan fingerprint density at radius 2 is 1.84 bits per heavy atom. The number of amides is 2. The number of para-hydroxylation sites is 1. The molecule has 3 rings (SSSR count). The average molecular weight is 358 g/mol. The molecule has 2 N–H and O–H groups in total. The fourth-order valence-electron chi connectivity index (χ4n) is 2.82. The van der Waals surface area contributed by atoms with Crippen molar-refractivity contribution in [1.29, 1.82) is 0 Å². The zero-order chi connectivity index (χ0) is 17.6. The van der Waals surface area contributed by atoms with Gasteiger partial charge in [0.1, 0.15) is 5.75 Å². The Hall–Kier alpha value is -2.34. The molecule has 1 unspecified atom stereocenters. The average Bonchev–Trinajstić information content (AvgIpc) is 2.91. The van der Waals surface area contributed by atoms with Gasteiger partial charge in [-0.3, -0.25) is 20.4 Å². The molecule has 0 saturated carbocycles. The van der Waals surface area contributed by atoms with Crippen LogP contribution in [0.15, 0.2) is 36.4 Å². The highest BCUT2D eigenvalue weighted by atomic mass is 32.1. The summed E-state index contributed by atoms with van der Waals surface area (Å²) in [6.07, 6.45) is 4.98. The monoisotopic (exact) mass is 358 g/mol. The van der Waals surface area contributed by atoms with Gasteiger partial charge in [-0.1, -0.05) is 24.6 Å². The third-order valence-corrected chi connectivity index (χ3v) is 5.43. The van der Waals surface area contributed by atoms with Gasteiger partial charge in [-0.25, -0.2) is 0 Å². The van der Waals surface area contributed by atoms with Crippen LogP contribution >= 0.6 is 11.3 Å². The van der Waals surface area contributed by atoms with E-state index in [1.165, 1.54) is 41.0 Å². The van der Waals surface area contributed by atoms with E-state index in [9.17, 15) is 9.59 Å². The van der Waals surface area contributed by atoms with Gasteiger partial charge in [0.05, 0.1) is 4.88 Å². The van der Waals surface area contributed by atoms with E-state index < -0.39 is 12.0 Å². The van der Waals surface area contributed by atoms with Gasteiger partial charge in [-0.05, 0) is 56.4 Å². The first-order chi connectivity index (χ1) is 12.1. The minimum atomic E-state index is -0.706. The highest BCUT2D eigenvalue weighted by Gasteiger charge is 2.19. The summed E-state index contributed by atoms with van der Waals surface area (Å²) in [6, 6.07) is 11.1. The number of thiophene rings is 1. The van der Waals surface area contributed by atoms with Crippen molar-refractivity contribution in [3.05, 3.63) is 51.7 Å². The molecule has 0 saturated heterocycles. The third kappa shape index (κ3) is 4.60. The van der Waals surface area contributed by atoms with Crippen LogP contribution in [-0.2, 0) is 17.6 Å². The van der Waals surface area contributed by atoms with E-state index in [0.717, 1.165) is 12.8 Å². The van der Waals surface area contributed by atoms with Gasteiger partial charge in [0.25, 0.3) is 11.8 Å². The fraction of sp³-hybridized carbons (Fsp3) is 0.368. The van der Waals surface area contributed by atoms with Crippen LogP contribution in [0.5, 0.6) is 5.75 Å². The van der Waals surface area contributed by atoms with E-state index in [1.54, 1.807) is 19.1 Å². The standard InChI is InChI=1S/C19H22N2O3S/c1-13(24-15-9-5-3-6-10-15)18(22)20-21-19(23)17-12-14-8-4-2-7-11-16(14)25-17/h3,5-6,9-10,12-13H,2,4,7-8,11H2,1H3,(H,20,22)(H,21,23). The maximum atomic E-state index is 12.3. The van der Waals surface area contributed by atoms with Gasteiger partial charge in [0.2, 0.25) is 0 Å². The molecule has 6 heteroatoms. The Morgan fingerprint density at radius 1 is 1.08 bits per heavy atom. The SMILES string of the molecule is CC(Oc1ccccc1)C(=O)NNC(=O)c1cc2c(s1)CCCCC2. The van der Waals surface area contributed by atoms with E-state index in [4.69, 9.17) is 4.74 Å². The van der Waals surface area contributed by atoms with Crippen LogP contribution in [0.25, 0.3) is 0 Å². The van der Waals surface area contributed by atoms with Crippen molar-refractivity contribution >= 4 is 23.2 Å². The lowest BCUT2D eigenvalue weighted by molar-refractivity contribution is -0.128. The van der Waals surface area contributed by atoms with Crippen LogP contribution in [0, 0.1) is 0 Å². The number of hydrogen-bond donors (Lipinski definition) is 2. The number of carbonyl (C=O) groups excluding carboxylic acids is 2. The minimum Gasteiger partial charge on any atom is -0.481 e. The summed E-state index contributed by atoms with van der Waals surface area (Å²) >= 11 is 1.52. The molecule has 0 aliphatic heterocycles. The Morgan fingerprint density at radius 3 is 2.64 bits per heavy atom. The summed E-state index contributed by atoms with van der Waals surface area (Å²) in [4.78, 5) is 26.3. The van der Waals surface area contributed by atoms with Gasteiger partial charge >= 0.3 is 0 Å². The third-order valence-electron chi connectivity index (χ3n) is 4.19. The Bertz CT molecular complexity index is 719. The maximum absolute atomic E-state index is 12.3. The van der Waals surface area contributed by atoms with E-state index >= 15 is 0 Å². The Balaban J connectivity index is 1.52. The van der Waals surface area contributed by atoms with Crippen molar-refractivity contribution in [2.24, 2.45) is 0 Å². The molecule has 0 spiro atoms. The number of hydrogen-bond acceptors (Lipinski definition) is 4. The van der Waals surface area contributed by atoms with E-state index in [2.05, 4.69) is 10.9 Å². The first-order valence-electron chi connectivity index (χ1n) is 8.57. The van der Waals surface area contributed by atoms with Crippen molar-refractivity contribution in [2.45, 2.75) is 45.1 Å². The van der Waals surface area contributed by atoms with Crippen molar-refractivity contribution in [1.82, 2.24) is 10.9 Å². The van der Waals surface area contributed by atoms with Crippen LogP contribution in [-0.4, -0.2) is 17.9 Å². The van der Waals surface area contributed by atoms with Gasteiger partial charge in [0.15, 0.2) is 6.10 Å². The second-order valence-corrected chi connectivity index (χ2v) is 7.27. The second-order valence-electron chi connectivity index (χ2n) is 6.14. The lowest BCUT2D eigenvalue weighted by atomic mass is 10.1. The zero-order valence-electron chi connectivity index (χ0n) is 14.2. The van der Waals surface area contributed by atoms with Crippen LogP contribution < -0.4 is 15.6 Å². The van der Waals surface area contributed by atoms with Gasteiger partial charge < -0.3 is 4.74 Å². The number of hydrazine groups is 1. The van der Waals surface area contributed by atoms with Gasteiger partial charge in [0, 0.05) is 4.88 Å². The molecule has 1 aliphatic rings. The highest BCUT2D eigenvalue weighted by Crippen LogP contribution is 2.28. The first-order valence-corrected chi connectivity index (χ1v) is 9.38. The molecule has 1 heterocycles. The molecule has 0 radical (unpaired) electrons. The minimum absolute atomic E-state index is 0.279. The molecule has 1 atom stereocenters. The van der Waals surface area contributed by atoms with Crippen molar-refractivity contribution < 1.29 is 14.3 Å². The predicted molar refractivity (Wildman–Crippen MR) is 97.7 cm³/mol. The topological polar surface area (TPSA) is 67.4 Å². The van der Waals surface area contributed by atoms with Crippen molar-refractivity contribution in [3.8, 4) is 5.75 Å². The molecule has 25 heavy (non-hydrogen) atoms. The normalized spacial score (nSPS) is 14.8. The highest BCUT2D eigenvalue weighted by molar-refractivity contribution is 7.14. The lowest BCUT2D eigenvalue weighted by Crippen LogP contribution is -2.47. The molecule has 1 aromatic heterocycles. The largest absolute Gasteiger partial charge is 0.481 e. The quantitative estimate of drug-likeness (QED) is 0.651. The Kier molecular flexibility index (Phi) is 5.71. The predicted octanol–water partition coefficient (Wildman–Crippen LogP) is 3.25. The smallest absolute Gasteiger partial charge is 0.279 e. The van der Waals surface area contributed by atoms with Crippen molar-refractivity contribution in [3.63, 3.8) is 0 Å². The summed E-state index contributed by atoms with van der Waals surface area (Å²) < 4.78 is 5.53. The molecule has 1 aliphatic carbocycles. The lowest BCUT2D eigenvalue weighted by Gasteiger charge is -2.14. The van der Waals surface area contributed by atoms with Crippen LogP contribution in [0.4, 0.5) is 0 Å². The molecule has 0 bridgehead atoms. The van der Waals surface area contributed by atoms with E-state index in [-0.39, 0.29) is 5.91 Å². The summed E-state index contributed by atoms with van der Waals surface area (Å²) in [6.45, 7) is 1.64. The van der Waals surface area contributed by atoms with Crippen molar-refractivity contribution in [2.75, 3.05) is 0 Å². The zero-order valence-corrected chi connectivity index (χ0v) is 15.0. The number of fused-ring (bicyclic) bond motifs is 1.